The smallest absolute Gasteiger partial charge is 0.266 e. The first-order valence-electron chi connectivity index (χ1n) is 6.17. The van der Waals surface area contributed by atoms with Gasteiger partial charge in [0.15, 0.2) is 11.5 Å². The summed E-state index contributed by atoms with van der Waals surface area (Å²) in [5.74, 6) is 1.97. The van der Waals surface area contributed by atoms with Crippen molar-refractivity contribution in [2.45, 2.75) is 6.92 Å². The third-order valence-corrected chi connectivity index (χ3v) is 3.02. The molecule has 0 bridgehead atoms. The summed E-state index contributed by atoms with van der Waals surface area (Å²) in [6, 6.07) is 3.39. The number of methoxy groups -OCH3 is 2. The predicted molar refractivity (Wildman–Crippen MR) is 76.2 cm³/mol. The van der Waals surface area contributed by atoms with Gasteiger partial charge in [-0.1, -0.05) is 0 Å². The van der Waals surface area contributed by atoms with E-state index in [0.717, 1.165) is 6.54 Å². The highest BCUT2D eigenvalue weighted by Crippen LogP contribution is 2.36. The van der Waals surface area contributed by atoms with Crippen molar-refractivity contribution >= 4 is 11.6 Å². The van der Waals surface area contributed by atoms with E-state index in [2.05, 4.69) is 10.1 Å². The van der Waals surface area contributed by atoms with Crippen LogP contribution in [0.25, 0.3) is 11.5 Å². The number of benzene rings is 1. The second kappa shape index (κ2) is 5.68. The molecule has 2 aromatic rings. The van der Waals surface area contributed by atoms with Gasteiger partial charge in [0, 0.05) is 25.3 Å². The molecular weight excluding hydrogens is 260 g/mol. The summed E-state index contributed by atoms with van der Waals surface area (Å²) in [6.45, 7) is 2.78. The molecule has 0 unspecified atom stereocenters. The molecule has 1 heterocycles. The van der Waals surface area contributed by atoms with Gasteiger partial charge in [0.05, 0.1) is 19.8 Å². The van der Waals surface area contributed by atoms with Gasteiger partial charge in [-0.2, -0.15) is 4.98 Å². The van der Waals surface area contributed by atoms with Crippen LogP contribution in [0.5, 0.6) is 11.5 Å². The Bertz CT molecular complexity index is 597. The van der Waals surface area contributed by atoms with Crippen LogP contribution in [-0.2, 0) is 0 Å². The van der Waals surface area contributed by atoms with Crippen molar-refractivity contribution in [3.8, 4) is 23.0 Å². The van der Waals surface area contributed by atoms with Crippen LogP contribution >= 0.6 is 0 Å². The number of aromatic nitrogens is 2. The van der Waals surface area contributed by atoms with E-state index < -0.39 is 0 Å². The average Bonchev–Trinajstić information content (AvgIpc) is 2.95. The van der Waals surface area contributed by atoms with Gasteiger partial charge >= 0.3 is 0 Å². The number of rotatable bonds is 5. The lowest BCUT2D eigenvalue weighted by molar-refractivity contribution is 0.355. The van der Waals surface area contributed by atoms with Crippen LogP contribution in [0, 0.1) is 0 Å². The fourth-order valence-electron chi connectivity index (χ4n) is 1.70. The lowest BCUT2D eigenvalue weighted by atomic mass is 10.1. The molecular formula is C13H18N4O3. The molecule has 0 amide bonds. The summed E-state index contributed by atoms with van der Waals surface area (Å²) in [6.07, 6.45) is 0. The molecule has 108 valence electrons. The molecule has 7 nitrogen and oxygen atoms in total. The van der Waals surface area contributed by atoms with Gasteiger partial charge in [0.25, 0.3) is 11.8 Å². The molecule has 0 saturated heterocycles. The maximum Gasteiger partial charge on any atom is 0.266 e. The maximum atomic E-state index is 5.99. The zero-order valence-electron chi connectivity index (χ0n) is 12.0. The van der Waals surface area contributed by atoms with E-state index in [9.17, 15) is 0 Å². The Labute approximate surface area is 117 Å². The van der Waals surface area contributed by atoms with Crippen LogP contribution < -0.4 is 20.1 Å². The summed E-state index contributed by atoms with van der Waals surface area (Å²) in [7, 11) is 4.99. The Morgan fingerprint density at radius 3 is 2.50 bits per heavy atom. The van der Waals surface area contributed by atoms with Crippen LogP contribution in [0.2, 0.25) is 0 Å². The molecule has 2 rings (SSSR count). The first-order valence-corrected chi connectivity index (χ1v) is 6.17. The Morgan fingerprint density at radius 1 is 1.25 bits per heavy atom. The lowest BCUT2D eigenvalue weighted by Gasteiger charge is -2.10. The molecule has 2 N–H and O–H groups in total. The lowest BCUT2D eigenvalue weighted by Crippen LogP contribution is -2.16. The molecule has 0 fully saturated rings. The van der Waals surface area contributed by atoms with Crippen molar-refractivity contribution < 1.29 is 14.0 Å². The van der Waals surface area contributed by atoms with Gasteiger partial charge in [0.1, 0.15) is 0 Å². The highest BCUT2D eigenvalue weighted by atomic mass is 16.5. The molecule has 1 aromatic heterocycles. The standard InChI is InChI=1S/C13H18N4O3/c1-5-17(2)13-15-12(20-16-13)8-6-10(18-3)11(19-4)7-9(8)14/h6-7H,5,14H2,1-4H3. The van der Waals surface area contributed by atoms with Gasteiger partial charge in [-0.3, -0.25) is 0 Å². The quantitative estimate of drug-likeness (QED) is 0.834. The molecule has 1 aromatic carbocycles. The summed E-state index contributed by atoms with van der Waals surface area (Å²) >= 11 is 0. The van der Waals surface area contributed by atoms with Crippen molar-refractivity contribution in [3.05, 3.63) is 12.1 Å². The Kier molecular flexibility index (Phi) is 3.97. The minimum absolute atomic E-state index is 0.346. The number of hydrogen-bond acceptors (Lipinski definition) is 7. The minimum atomic E-state index is 0.346. The normalized spacial score (nSPS) is 10.4. The van der Waals surface area contributed by atoms with Crippen LogP contribution in [0.15, 0.2) is 16.7 Å². The van der Waals surface area contributed by atoms with Crippen LogP contribution in [0.4, 0.5) is 11.6 Å². The molecule has 0 aliphatic carbocycles. The predicted octanol–water partition coefficient (Wildman–Crippen LogP) is 1.79. The van der Waals surface area contributed by atoms with Crippen molar-refractivity contribution in [1.82, 2.24) is 10.1 Å². The highest BCUT2D eigenvalue weighted by molar-refractivity contribution is 5.75. The summed E-state index contributed by atoms with van der Waals surface area (Å²) in [5, 5.41) is 3.91. The molecule has 0 aliphatic heterocycles. The first-order chi connectivity index (χ1) is 9.60. The van der Waals surface area contributed by atoms with Crippen molar-refractivity contribution in [2.24, 2.45) is 0 Å². The molecule has 0 aliphatic rings. The number of hydrogen-bond donors (Lipinski definition) is 1. The average molecular weight is 278 g/mol. The Morgan fingerprint density at radius 2 is 1.90 bits per heavy atom. The van der Waals surface area contributed by atoms with Crippen molar-refractivity contribution in [3.63, 3.8) is 0 Å². The number of nitrogen functional groups attached to an aromatic ring is 1. The maximum absolute atomic E-state index is 5.99. The van der Waals surface area contributed by atoms with E-state index in [1.807, 2.05) is 18.9 Å². The van der Waals surface area contributed by atoms with E-state index in [1.54, 1.807) is 26.4 Å². The van der Waals surface area contributed by atoms with E-state index in [4.69, 9.17) is 19.7 Å². The topological polar surface area (TPSA) is 86.6 Å². The third-order valence-electron chi connectivity index (χ3n) is 3.02. The van der Waals surface area contributed by atoms with Gasteiger partial charge in [-0.25, -0.2) is 0 Å². The number of ether oxygens (including phenoxy) is 2. The van der Waals surface area contributed by atoms with Crippen LogP contribution in [-0.4, -0.2) is 38.0 Å². The Hall–Kier alpha value is -2.44. The SMILES string of the molecule is CCN(C)c1noc(-c2cc(OC)c(OC)cc2N)n1. The number of nitrogens with two attached hydrogens (primary N) is 1. The summed E-state index contributed by atoms with van der Waals surface area (Å²) in [4.78, 5) is 6.18. The van der Waals surface area contributed by atoms with E-state index in [-0.39, 0.29) is 0 Å². The highest BCUT2D eigenvalue weighted by Gasteiger charge is 2.17. The minimum Gasteiger partial charge on any atom is -0.493 e. The van der Waals surface area contributed by atoms with Gasteiger partial charge in [-0.15, -0.1) is 0 Å². The number of anilines is 2. The zero-order valence-corrected chi connectivity index (χ0v) is 12.0. The van der Waals surface area contributed by atoms with Gasteiger partial charge in [-0.05, 0) is 18.1 Å². The molecule has 0 atom stereocenters. The van der Waals surface area contributed by atoms with Crippen molar-refractivity contribution in [2.75, 3.05) is 38.4 Å². The van der Waals surface area contributed by atoms with Gasteiger partial charge in [0.2, 0.25) is 0 Å². The second-order valence-corrected chi connectivity index (χ2v) is 4.21. The van der Waals surface area contributed by atoms with Crippen LogP contribution in [0.1, 0.15) is 6.92 Å². The van der Waals surface area contributed by atoms with E-state index in [1.165, 1.54) is 0 Å². The summed E-state index contributed by atoms with van der Waals surface area (Å²) < 4.78 is 15.7. The van der Waals surface area contributed by atoms with E-state index >= 15 is 0 Å². The van der Waals surface area contributed by atoms with Crippen LogP contribution in [0.3, 0.4) is 0 Å². The van der Waals surface area contributed by atoms with Crippen molar-refractivity contribution in [1.29, 1.82) is 0 Å². The fraction of sp³-hybridized carbons (Fsp3) is 0.385. The van der Waals surface area contributed by atoms with Gasteiger partial charge < -0.3 is 24.6 Å². The molecule has 0 saturated carbocycles. The Balaban J connectivity index is 2.44. The first kappa shape index (κ1) is 14.0. The molecule has 20 heavy (non-hydrogen) atoms. The third kappa shape index (κ3) is 2.47. The second-order valence-electron chi connectivity index (χ2n) is 4.21. The molecule has 0 radical (unpaired) electrons. The number of nitrogens with zero attached hydrogens (tertiary/aromatic N) is 3. The zero-order chi connectivity index (χ0) is 14.7. The van der Waals surface area contributed by atoms with E-state index in [0.29, 0.717) is 34.6 Å². The fourth-order valence-corrected chi connectivity index (χ4v) is 1.70. The summed E-state index contributed by atoms with van der Waals surface area (Å²) in [5.41, 5.74) is 7.09. The molecule has 7 heteroatoms. The monoisotopic (exact) mass is 278 g/mol. The largest absolute Gasteiger partial charge is 0.493 e. The molecule has 0 spiro atoms.